The van der Waals surface area contributed by atoms with Crippen LogP contribution < -0.4 is 0 Å². The molecule has 0 aliphatic rings. The molecule has 0 spiro atoms. The van der Waals surface area contributed by atoms with Crippen LogP contribution in [0.4, 0.5) is 0 Å². The van der Waals surface area contributed by atoms with E-state index in [1.54, 1.807) is 11.3 Å². The summed E-state index contributed by atoms with van der Waals surface area (Å²) in [5, 5.41) is 6.85. The topological polar surface area (TPSA) is 56.7 Å². The number of hydrogen-bond acceptors (Lipinski definition) is 5. The molecule has 63 heavy (non-hydrogen) atoms. The maximum atomic E-state index is 6.22. The van der Waals surface area contributed by atoms with Crippen LogP contribution in [-0.4, -0.2) is 19.5 Å². The Hall–Kier alpha value is -8.19. The van der Waals surface area contributed by atoms with Crippen molar-refractivity contribution in [3.63, 3.8) is 0 Å². The van der Waals surface area contributed by atoms with Crippen LogP contribution in [0.5, 0.6) is 0 Å². The Balaban J connectivity index is 1.07. The molecule has 0 bridgehead atoms. The van der Waals surface area contributed by atoms with Crippen LogP contribution in [0.1, 0.15) is 0 Å². The monoisotopic (exact) mass is 822 g/mol. The Morgan fingerprint density at radius 3 is 1.68 bits per heavy atom. The minimum Gasteiger partial charge on any atom is -0.456 e. The van der Waals surface area contributed by atoms with Gasteiger partial charge in [0, 0.05) is 64.1 Å². The predicted molar refractivity (Wildman–Crippen MR) is 262 cm³/mol. The Morgan fingerprint density at radius 2 is 0.921 bits per heavy atom. The molecule has 13 rings (SSSR count). The van der Waals surface area contributed by atoms with Gasteiger partial charge in [0.2, 0.25) is 0 Å². The van der Waals surface area contributed by atoms with Crippen LogP contribution in [-0.2, 0) is 0 Å². The van der Waals surface area contributed by atoms with E-state index in [1.807, 2.05) is 42.5 Å². The van der Waals surface area contributed by atoms with E-state index in [4.69, 9.17) is 19.4 Å². The summed E-state index contributed by atoms with van der Waals surface area (Å²) >= 11 is 1.79. The number of thiophene rings is 1. The maximum absolute atomic E-state index is 6.22. The van der Waals surface area contributed by atoms with Crippen molar-refractivity contribution < 1.29 is 4.42 Å². The van der Waals surface area contributed by atoms with Gasteiger partial charge < -0.3 is 8.98 Å². The summed E-state index contributed by atoms with van der Waals surface area (Å²) in [6.07, 6.45) is 0. The number of para-hydroxylation sites is 3. The van der Waals surface area contributed by atoms with E-state index in [2.05, 4.69) is 168 Å². The third kappa shape index (κ3) is 5.87. The van der Waals surface area contributed by atoms with Gasteiger partial charge in [-0.25, -0.2) is 15.0 Å². The standard InChI is InChI=1S/C57H34N4OS/c1-3-14-35(15-4-1)37-18-13-19-38(30-37)39-26-28-45-47-33-41(61-49-23-10-7-20-42(49)43-21-8-11-24-50(43)61)34-48(54(47)63-53(45)32-39)57-59-55(36-16-5-2-6-17-36)58-56(60-57)40-27-29-52-46(31-40)44-22-9-12-25-51(44)62-52/h1-34H. The van der Waals surface area contributed by atoms with E-state index in [1.165, 1.54) is 43.1 Å². The van der Waals surface area contributed by atoms with E-state index in [9.17, 15) is 0 Å². The first-order chi connectivity index (χ1) is 31.2. The SMILES string of the molecule is c1ccc(-c2cccc(-c3ccc4c(c3)sc3c(-c5nc(-c6ccccc6)nc(-c6ccc7oc8ccccc8c7c6)n5)cc(-n5c6ccccc6c6ccccc65)cc34)c2)cc1. The van der Waals surface area contributed by atoms with Gasteiger partial charge in [-0.3, -0.25) is 0 Å². The van der Waals surface area contributed by atoms with E-state index >= 15 is 0 Å². The normalized spacial score (nSPS) is 11.8. The van der Waals surface area contributed by atoms with Crippen molar-refractivity contribution in [1.29, 1.82) is 0 Å². The first-order valence-electron chi connectivity index (χ1n) is 21.1. The van der Waals surface area contributed by atoms with E-state index < -0.39 is 0 Å². The highest BCUT2D eigenvalue weighted by atomic mass is 32.1. The summed E-state index contributed by atoms with van der Waals surface area (Å²) in [7, 11) is 0. The van der Waals surface area contributed by atoms with Crippen LogP contribution in [0.2, 0.25) is 0 Å². The average molecular weight is 823 g/mol. The lowest BCUT2D eigenvalue weighted by Gasteiger charge is -2.13. The fraction of sp³-hybridized carbons (Fsp3) is 0. The van der Waals surface area contributed by atoms with E-state index in [0.717, 1.165) is 65.4 Å². The summed E-state index contributed by atoms with van der Waals surface area (Å²) in [5.74, 6) is 1.83. The van der Waals surface area contributed by atoms with Crippen molar-refractivity contribution in [3.05, 3.63) is 206 Å². The van der Waals surface area contributed by atoms with Crippen molar-refractivity contribution >= 4 is 75.3 Å². The lowest BCUT2D eigenvalue weighted by Crippen LogP contribution is -2.01. The molecule has 294 valence electrons. The summed E-state index contributed by atoms with van der Waals surface area (Å²) in [4.78, 5) is 15.9. The van der Waals surface area contributed by atoms with Gasteiger partial charge in [-0.05, 0) is 82.9 Å². The van der Waals surface area contributed by atoms with Crippen LogP contribution in [0, 0.1) is 0 Å². The zero-order valence-corrected chi connectivity index (χ0v) is 34.6. The summed E-state index contributed by atoms with van der Waals surface area (Å²) < 4.78 is 10.9. The Bertz CT molecular complexity index is 3870. The fourth-order valence-electron chi connectivity index (χ4n) is 9.25. The first kappa shape index (κ1) is 35.6. The van der Waals surface area contributed by atoms with Crippen LogP contribution in [0.25, 0.3) is 126 Å². The second kappa shape index (κ2) is 14.2. The van der Waals surface area contributed by atoms with Crippen molar-refractivity contribution in [1.82, 2.24) is 19.5 Å². The lowest BCUT2D eigenvalue weighted by molar-refractivity contribution is 0.669. The molecular formula is C57H34N4OS. The average Bonchev–Trinajstić information content (AvgIpc) is 4.03. The molecule has 6 heteroatoms. The zero-order chi connectivity index (χ0) is 41.4. The van der Waals surface area contributed by atoms with Gasteiger partial charge in [-0.15, -0.1) is 11.3 Å². The maximum Gasteiger partial charge on any atom is 0.165 e. The number of furan rings is 1. The molecule has 4 aromatic heterocycles. The van der Waals surface area contributed by atoms with E-state index in [-0.39, 0.29) is 0 Å². The molecule has 5 nitrogen and oxygen atoms in total. The molecule has 0 saturated carbocycles. The Kier molecular flexibility index (Phi) is 8.01. The van der Waals surface area contributed by atoms with Gasteiger partial charge in [0.25, 0.3) is 0 Å². The molecule has 13 aromatic rings. The van der Waals surface area contributed by atoms with Crippen LogP contribution >= 0.6 is 11.3 Å². The van der Waals surface area contributed by atoms with Gasteiger partial charge in [-0.1, -0.05) is 146 Å². The molecule has 0 N–H and O–H groups in total. The van der Waals surface area contributed by atoms with Gasteiger partial charge in [0.05, 0.1) is 11.0 Å². The molecule has 9 aromatic carbocycles. The molecule has 0 fully saturated rings. The highest BCUT2D eigenvalue weighted by Crippen LogP contribution is 2.44. The highest BCUT2D eigenvalue weighted by molar-refractivity contribution is 7.26. The molecule has 0 aliphatic heterocycles. The largest absolute Gasteiger partial charge is 0.456 e. The van der Waals surface area contributed by atoms with Crippen molar-refractivity contribution in [2.45, 2.75) is 0 Å². The second-order valence-electron chi connectivity index (χ2n) is 16.0. The molecular weight excluding hydrogens is 789 g/mol. The second-order valence-corrected chi connectivity index (χ2v) is 17.0. The van der Waals surface area contributed by atoms with Gasteiger partial charge in [-0.2, -0.15) is 0 Å². The van der Waals surface area contributed by atoms with Crippen molar-refractivity contribution in [2.24, 2.45) is 0 Å². The summed E-state index contributed by atoms with van der Waals surface area (Å²) in [5.41, 5.74) is 12.5. The molecule has 0 atom stereocenters. The molecule has 0 saturated heterocycles. The molecule has 0 amide bonds. The zero-order valence-electron chi connectivity index (χ0n) is 33.7. The number of fused-ring (bicyclic) bond motifs is 9. The third-order valence-electron chi connectivity index (χ3n) is 12.2. The number of nitrogens with zero attached hydrogens (tertiary/aromatic N) is 4. The molecule has 4 heterocycles. The van der Waals surface area contributed by atoms with Crippen LogP contribution in [0.15, 0.2) is 211 Å². The Labute approximate surface area is 365 Å². The number of benzene rings is 9. The number of hydrogen-bond donors (Lipinski definition) is 0. The number of rotatable bonds is 6. The minimum absolute atomic E-state index is 0.600. The fourth-order valence-corrected chi connectivity index (χ4v) is 10.5. The van der Waals surface area contributed by atoms with Gasteiger partial charge >= 0.3 is 0 Å². The van der Waals surface area contributed by atoms with Gasteiger partial charge in [0.1, 0.15) is 11.2 Å². The molecule has 0 unspecified atom stereocenters. The molecule has 0 radical (unpaired) electrons. The summed E-state index contributed by atoms with van der Waals surface area (Å²) in [6.45, 7) is 0. The van der Waals surface area contributed by atoms with Crippen LogP contribution in [0.3, 0.4) is 0 Å². The van der Waals surface area contributed by atoms with Crippen molar-refractivity contribution in [2.75, 3.05) is 0 Å². The third-order valence-corrected chi connectivity index (χ3v) is 13.4. The predicted octanol–water partition coefficient (Wildman–Crippen LogP) is 15.6. The van der Waals surface area contributed by atoms with E-state index in [0.29, 0.717) is 17.5 Å². The quantitative estimate of drug-likeness (QED) is 0.168. The molecule has 0 aliphatic carbocycles. The van der Waals surface area contributed by atoms with Gasteiger partial charge in [0.15, 0.2) is 17.5 Å². The highest BCUT2D eigenvalue weighted by Gasteiger charge is 2.21. The minimum atomic E-state index is 0.600. The summed E-state index contributed by atoms with van der Waals surface area (Å²) in [6, 6.07) is 72.8. The first-order valence-corrected chi connectivity index (χ1v) is 21.9. The lowest BCUT2D eigenvalue weighted by atomic mass is 9.98. The smallest absolute Gasteiger partial charge is 0.165 e. The Morgan fingerprint density at radius 1 is 0.349 bits per heavy atom. The van der Waals surface area contributed by atoms with Crippen molar-refractivity contribution in [3.8, 4) is 62.1 Å². The number of aromatic nitrogens is 4.